The number of ether oxygens (including phenoxy) is 2. The number of nitrogens with zero attached hydrogens (tertiary/aromatic N) is 2. The molecular formula is C25H23N3O5. The van der Waals surface area contributed by atoms with Gasteiger partial charge in [-0.15, -0.1) is 0 Å². The first kappa shape index (κ1) is 22.0. The van der Waals surface area contributed by atoms with Crippen molar-refractivity contribution in [3.05, 3.63) is 78.1 Å². The molecule has 4 rings (SSSR count). The average Bonchev–Trinajstić information content (AvgIpc) is 3.23. The number of aromatic nitrogens is 2. The van der Waals surface area contributed by atoms with Crippen LogP contribution in [0.2, 0.25) is 0 Å². The summed E-state index contributed by atoms with van der Waals surface area (Å²) >= 11 is 0. The highest BCUT2D eigenvalue weighted by molar-refractivity contribution is 6.01. The third kappa shape index (κ3) is 4.28. The molecule has 0 saturated carbocycles. The van der Waals surface area contributed by atoms with E-state index < -0.39 is 12.0 Å². The van der Waals surface area contributed by atoms with Gasteiger partial charge in [-0.25, -0.2) is 9.78 Å². The summed E-state index contributed by atoms with van der Waals surface area (Å²) in [4.78, 5) is 28.7. The van der Waals surface area contributed by atoms with Crippen molar-refractivity contribution in [3.63, 3.8) is 0 Å². The predicted molar refractivity (Wildman–Crippen MR) is 124 cm³/mol. The molecule has 0 fully saturated rings. The summed E-state index contributed by atoms with van der Waals surface area (Å²) in [5, 5.41) is 9.85. The van der Waals surface area contributed by atoms with Crippen LogP contribution in [0.5, 0.6) is 11.5 Å². The molecule has 0 aliphatic heterocycles. The number of carboxylic acids is 1. The second kappa shape index (κ2) is 9.13. The molecule has 0 aliphatic rings. The van der Waals surface area contributed by atoms with Gasteiger partial charge in [-0.2, -0.15) is 0 Å². The van der Waals surface area contributed by atoms with E-state index in [2.05, 4.69) is 4.98 Å². The van der Waals surface area contributed by atoms with Crippen LogP contribution >= 0.6 is 0 Å². The van der Waals surface area contributed by atoms with Crippen LogP contribution in [0.1, 0.15) is 20.7 Å². The molecule has 0 spiro atoms. The van der Waals surface area contributed by atoms with Crippen molar-refractivity contribution in [2.45, 2.75) is 12.5 Å². The standard InChI is InChI=1S/C25H23N3O5/c1-32-21-10-9-17(13-22(21)33-2)19-14-28(23-18(19)4-3-11-27-23)24(29)20(26)12-15-5-7-16(8-6-15)25(30)31/h3-11,13-14,20H,12,26H2,1-2H3,(H,30,31). The molecule has 4 aromatic rings. The summed E-state index contributed by atoms with van der Waals surface area (Å²) in [7, 11) is 3.14. The average molecular weight is 445 g/mol. The van der Waals surface area contributed by atoms with Crippen LogP contribution in [0, 0.1) is 0 Å². The van der Waals surface area contributed by atoms with Gasteiger partial charge in [0.25, 0.3) is 0 Å². The molecule has 1 atom stereocenters. The normalized spacial score (nSPS) is 11.8. The smallest absolute Gasteiger partial charge is 0.335 e. The first-order valence-corrected chi connectivity index (χ1v) is 10.2. The monoisotopic (exact) mass is 445 g/mol. The lowest BCUT2D eigenvalue weighted by molar-refractivity contribution is 0.0696. The highest BCUT2D eigenvalue weighted by Gasteiger charge is 2.22. The van der Waals surface area contributed by atoms with Gasteiger partial charge >= 0.3 is 5.97 Å². The number of methoxy groups -OCH3 is 2. The Morgan fingerprint density at radius 1 is 1.06 bits per heavy atom. The molecule has 0 bridgehead atoms. The molecule has 0 saturated heterocycles. The molecule has 8 heteroatoms. The first-order valence-electron chi connectivity index (χ1n) is 10.2. The van der Waals surface area contributed by atoms with E-state index in [1.807, 2.05) is 30.3 Å². The third-order valence-corrected chi connectivity index (χ3v) is 5.47. The van der Waals surface area contributed by atoms with Gasteiger partial charge in [-0.1, -0.05) is 18.2 Å². The van der Waals surface area contributed by atoms with Crippen LogP contribution in [-0.2, 0) is 6.42 Å². The van der Waals surface area contributed by atoms with Crippen molar-refractivity contribution in [1.82, 2.24) is 9.55 Å². The molecule has 0 amide bonds. The second-order valence-electron chi connectivity index (χ2n) is 7.51. The number of benzene rings is 2. The zero-order chi connectivity index (χ0) is 23.5. The summed E-state index contributed by atoms with van der Waals surface area (Å²) in [6.45, 7) is 0. The lowest BCUT2D eigenvalue weighted by Crippen LogP contribution is -2.36. The van der Waals surface area contributed by atoms with Crippen LogP contribution in [0.3, 0.4) is 0 Å². The number of nitrogens with two attached hydrogens (primary N) is 1. The van der Waals surface area contributed by atoms with Gasteiger partial charge in [0.1, 0.15) is 5.65 Å². The summed E-state index contributed by atoms with van der Waals surface area (Å²) in [6.07, 6.45) is 3.62. The maximum Gasteiger partial charge on any atom is 0.335 e. The van der Waals surface area contributed by atoms with Crippen molar-refractivity contribution in [3.8, 4) is 22.6 Å². The molecular weight excluding hydrogens is 422 g/mol. The number of aromatic carboxylic acids is 1. The minimum atomic E-state index is -1.01. The van der Waals surface area contributed by atoms with Gasteiger partial charge in [0.15, 0.2) is 11.5 Å². The molecule has 1 unspecified atom stereocenters. The number of fused-ring (bicyclic) bond motifs is 1. The maximum absolute atomic E-state index is 13.3. The maximum atomic E-state index is 13.3. The highest BCUT2D eigenvalue weighted by atomic mass is 16.5. The molecule has 2 aromatic heterocycles. The minimum absolute atomic E-state index is 0.179. The van der Waals surface area contributed by atoms with E-state index in [9.17, 15) is 9.59 Å². The van der Waals surface area contributed by atoms with Crippen molar-refractivity contribution in [2.75, 3.05) is 14.2 Å². The summed E-state index contributed by atoms with van der Waals surface area (Å²) in [5.74, 6) is -0.134. The molecule has 3 N–H and O–H groups in total. The first-order chi connectivity index (χ1) is 15.9. The van der Waals surface area contributed by atoms with Crippen molar-refractivity contribution in [1.29, 1.82) is 0 Å². The second-order valence-corrected chi connectivity index (χ2v) is 7.51. The number of rotatable bonds is 7. The molecule has 0 radical (unpaired) electrons. The van der Waals surface area contributed by atoms with E-state index in [-0.39, 0.29) is 17.9 Å². The fourth-order valence-electron chi connectivity index (χ4n) is 3.76. The van der Waals surface area contributed by atoms with E-state index in [0.29, 0.717) is 17.1 Å². The van der Waals surface area contributed by atoms with Crippen LogP contribution in [0.4, 0.5) is 0 Å². The fourth-order valence-corrected chi connectivity index (χ4v) is 3.76. The van der Waals surface area contributed by atoms with E-state index in [0.717, 1.165) is 22.1 Å². The van der Waals surface area contributed by atoms with Crippen molar-refractivity contribution >= 4 is 22.9 Å². The van der Waals surface area contributed by atoms with Crippen molar-refractivity contribution in [2.24, 2.45) is 5.73 Å². The zero-order valence-electron chi connectivity index (χ0n) is 18.2. The van der Waals surface area contributed by atoms with E-state index in [4.69, 9.17) is 20.3 Å². The van der Waals surface area contributed by atoms with Gasteiger partial charge < -0.3 is 20.3 Å². The van der Waals surface area contributed by atoms with E-state index >= 15 is 0 Å². The van der Waals surface area contributed by atoms with E-state index in [1.54, 1.807) is 38.7 Å². The van der Waals surface area contributed by atoms with E-state index in [1.165, 1.54) is 16.7 Å². The third-order valence-electron chi connectivity index (χ3n) is 5.47. The number of hydrogen-bond donors (Lipinski definition) is 2. The lowest BCUT2D eigenvalue weighted by Gasteiger charge is -2.12. The van der Waals surface area contributed by atoms with Crippen LogP contribution in [-0.4, -0.2) is 46.8 Å². The number of pyridine rings is 1. The molecule has 2 aromatic carbocycles. The van der Waals surface area contributed by atoms with Gasteiger partial charge in [0.2, 0.25) is 5.91 Å². The fraction of sp³-hybridized carbons (Fsp3) is 0.160. The quantitative estimate of drug-likeness (QED) is 0.446. The van der Waals surface area contributed by atoms with Gasteiger partial charge in [0, 0.05) is 23.3 Å². The van der Waals surface area contributed by atoms with Crippen LogP contribution in [0.25, 0.3) is 22.2 Å². The molecule has 8 nitrogen and oxygen atoms in total. The Morgan fingerprint density at radius 2 is 1.79 bits per heavy atom. The molecule has 168 valence electrons. The van der Waals surface area contributed by atoms with Gasteiger partial charge in [-0.05, 0) is 53.9 Å². The number of carbonyl (C=O) groups is 2. The van der Waals surface area contributed by atoms with Gasteiger partial charge in [0.05, 0.1) is 25.8 Å². The summed E-state index contributed by atoms with van der Waals surface area (Å²) < 4.78 is 12.2. The molecule has 2 heterocycles. The zero-order valence-corrected chi connectivity index (χ0v) is 18.2. The molecule has 0 aliphatic carbocycles. The molecule has 33 heavy (non-hydrogen) atoms. The minimum Gasteiger partial charge on any atom is -0.493 e. The van der Waals surface area contributed by atoms with Crippen LogP contribution < -0.4 is 15.2 Å². The Kier molecular flexibility index (Phi) is 6.10. The highest BCUT2D eigenvalue weighted by Crippen LogP contribution is 2.36. The lowest BCUT2D eigenvalue weighted by atomic mass is 10.0. The Hall–Kier alpha value is -4.17. The SMILES string of the molecule is COc1ccc(-c2cn(C(=O)C(N)Cc3ccc(C(=O)O)cc3)c3ncccc23)cc1OC. The summed E-state index contributed by atoms with van der Waals surface area (Å²) in [6, 6.07) is 14.7. The topological polar surface area (TPSA) is 117 Å². The largest absolute Gasteiger partial charge is 0.493 e. The van der Waals surface area contributed by atoms with Gasteiger partial charge in [-0.3, -0.25) is 9.36 Å². The Bertz CT molecular complexity index is 1330. The van der Waals surface area contributed by atoms with Crippen molar-refractivity contribution < 1.29 is 24.2 Å². The summed E-state index contributed by atoms with van der Waals surface area (Å²) in [5.41, 5.74) is 9.36. The Labute approximate surface area is 190 Å². The Balaban J connectivity index is 1.68. The van der Waals surface area contributed by atoms with Crippen LogP contribution in [0.15, 0.2) is 67.0 Å². The predicted octanol–water partition coefficient (Wildman–Crippen LogP) is 3.63. The number of carboxylic acid groups (broad SMARTS) is 1. The number of hydrogen-bond acceptors (Lipinski definition) is 6. The Morgan fingerprint density at radius 3 is 2.45 bits per heavy atom. The number of carbonyl (C=O) groups excluding carboxylic acids is 1.